The first kappa shape index (κ1) is 22.1. The van der Waals surface area contributed by atoms with E-state index in [2.05, 4.69) is 31.6 Å². The van der Waals surface area contributed by atoms with Crippen LogP contribution in [0.25, 0.3) is 0 Å². The molecule has 1 N–H and O–H groups in total. The first-order valence-corrected chi connectivity index (χ1v) is 7.69. The predicted molar refractivity (Wildman–Crippen MR) is 101 cm³/mol. The Bertz CT molecular complexity index is 542. The van der Waals surface area contributed by atoms with Crippen molar-refractivity contribution in [3.8, 4) is 0 Å². The normalized spacial score (nSPS) is 8.96. The minimum atomic E-state index is -0.582. The highest BCUT2D eigenvalue weighted by atomic mass is 16.5. The smallest absolute Gasteiger partial charge is 0.339 e. The molecular formula is C20H25NO4. The third kappa shape index (κ3) is 9.73. The molecule has 1 rings (SSSR count). The van der Waals surface area contributed by atoms with Crippen LogP contribution in [0.2, 0.25) is 0 Å². The van der Waals surface area contributed by atoms with Crippen molar-refractivity contribution in [2.24, 2.45) is 0 Å². The second-order valence-electron chi connectivity index (χ2n) is 4.56. The average molecular weight is 343 g/mol. The molecule has 0 aliphatic rings. The van der Waals surface area contributed by atoms with Gasteiger partial charge in [0, 0.05) is 13.1 Å². The van der Waals surface area contributed by atoms with Crippen LogP contribution in [0.4, 0.5) is 0 Å². The number of hydrogen-bond donors (Lipinski definition) is 1. The van der Waals surface area contributed by atoms with Crippen molar-refractivity contribution in [3.63, 3.8) is 0 Å². The number of carbonyl (C=O) groups excluding carboxylic acids is 2. The van der Waals surface area contributed by atoms with Crippen LogP contribution in [0.5, 0.6) is 0 Å². The van der Waals surface area contributed by atoms with Crippen molar-refractivity contribution in [3.05, 3.63) is 86.0 Å². The summed E-state index contributed by atoms with van der Waals surface area (Å²) in [7, 11) is 0. The van der Waals surface area contributed by atoms with Crippen LogP contribution in [0.15, 0.2) is 74.9 Å². The van der Waals surface area contributed by atoms with Crippen LogP contribution < -0.4 is 5.32 Å². The Morgan fingerprint density at radius 3 is 1.52 bits per heavy atom. The van der Waals surface area contributed by atoms with Crippen LogP contribution in [0.1, 0.15) is 20.7 Å². The Labute approximate surface area is 149 Å². The van der Waals surface area contributed by atoms with Crippen LogP contribution in [-0.4, -0.2) is 38.2 Å². The molecule has 0 bridgehead atoms. The lowest BCUT2D eigenvalue weighted by Gasteiger charge is -2.07. The SMILES string of the molecule is C=CCNCC=C.C=CCOC(=O)c1ccccc1C(=O)OCC=C. The van der Waals surface area contributed by atoms with Crippen molar-refractivity contribution in [2.75, 3.05) is 26.3 Å². The summed E-state index contributed by atoms with van der Waals surface area (Å²) in [5, 5.41) is 3.05. The van der Waals surface area contributed by atoms with Gasteiger partial charge in [0.25, 0.3) is 0 Å². The summed E-state index contributed by atoms with van der Waals surface area (Å²) in [6, 6.07) is 6.31. The predicted octanol–water partition coefficient (Wildman–Crippen LogP) is 3.32. The van der Waals surface area contributed by atoms with Crippen molar-refractivity contribution in [1.82, 2.24) is 5.32 Å². The van der Waals surface area contributed by atoms with E-state index < -0.39 is 11.9 Å². The molecule has 0 saturated carbocycles. The molecule has 5 heteroatoms. The molecule has 0 amide bonds. The van der Waals surface area contributed by atoms with Gasteiger partial charge in [0.15, 0.2) is 0 Å². The summed E-state index contributed by atoms with van der Waals surface area (Å²) in [6.45, 7) is 15.9. The van der Waals surface area contributed by atoms with E-state index in [1.54, 1.807) is 12.1 Å². The number of esters is 2. The van der Waals surface area contributed by atoms with Crippen molar-refractivity contribution in [1.29, 1.82) is 0 Å². The van der Waals surface area contributed by atoms with Crippen molar-refractivity contribution < 1.29 is 19.1 Å². The number of ether oxygens (including phenoxy) is 2. The molecule has 0 aromatic heterocycles. The van der Waals surface area contributed by atoms with E-state index in [0.29, 0.717) is 0 Å². The number of carbonyl (C=O) groups is 2. The minimum absolute atomic E-state index is 0.0921. The van der Waals surface area contributed by atoms with Gasteiger partial charge in [-0.2, -0.15) is 0 Å². The number of benzene rings is 1. The quantitative estimate of drug-likeness (QED) is 0.401. The van der Waals surface area contributed by atoms with Crippen molar-refractivity contribution in [2.45, 2.75) is 0 Å². The Kier molecular flexibility index (Phi) is 12.9. The second kappa shape index (κ2) is 14.7. The summed E-state index contributed by atoms with van der Waals surface area (Å²) in [4.78, 5) is 23.4. The van der Waals surface area contributed by atoms with E-state index in [1.807, 2.05) is 12.2 Å². The van der Waals surface area contributed by atoms with E-state index in [1.165, 1.54) is 24.3 Å². The van der Waals surface area contributed by atoms with E-state index >= 15 is 0 Å². The Hall–Kier alpha value is -2.92. The fourth-order valence-corrected chi connectivity index (χ4v) is 1.55. The van der Waals surface area contributed by atoms with E-state index in [-0.39, 0.29) is 24.3 Å². The third-order valence-corrected chi connectivity index (χ3v) is 2.61. The first-order valence-electron chi connectivity index (χ1n) is 7.69. The standard InChI is InChI=1S/C14H14O4.C6H11N/c1-3-9-17-13(15)11-7-5-6-8-12(11)14(16)18-10-4-2;1-3-5-7-6-4-2/h3-8H,1-2,9-10H2;3-4,7H,1-2,5-6H2. The van der Waals surface area contributed by atoms with E-state index in [4.69, 9.17) is 9.47 Å². The molecule has 0 fully saturated rings. The summed E-state index contributed by atoms with van der Waals surface area (Å²) in [6.07, 6.45) is 6.56. The molecule has 1 aromatic rings. The lowest BCUT2D eigenvalue weighted by molar-refractivity contribution is 0.0503. The molecule has 0 heterocycles. The number of hydrogen-bond acceptors (Lipinski definition) is 5. The maximum Gasteiger partial charge on any atom is 0.339 e. The molecular weight excluding hydrogens is 318 g/mol. The summed E-state index contributed by atoms with van der Waals surface area (Å²) in [5.41, 5.74) is 0.349. The van der Waals surface area contributed by atoms with Gasteiger partial charge in [-0.1, -0.05) is 49.6 Å². The van der Waals surface area contributed by atoms with Gasteiger partial charge in [-0.15, -0.1) is 13.2 Å². The van der Waals surface area contributed by atoms with Crippen LogP contribution in [0.3, 0.4) is 0 Å². The lowest BCUT2D eigenvalue weighted by Crippen LogP contribution is -2.14. The van der Waals surface area contributed by atoms with Crippen molar-refractivity contribution >= 4 is 11.9 Å². The molecule has 0 aliphatic heterocycles. The highest BCUT2D eigenvalue weighted by Crippen LogP contribution is 2.12. The zero-order valence-corrected chi connectivity index (χ0v) is 14.4. The summed E-state index contributed by atoms with van der Waals surface area (Å²) in [5.74, 6) is -1.16. The first-order chi connectivity index (χ1) is 12.1. The Balaban J connectivity index is 0.000000697. The number of rotatable bonds is 10. The van der Waals surface area contributed by atoms with Crippen LogP contribution in [-0.2, 0) is 9.47 Å². The largest absolute Gasteiger partial charge is 0.458 e. The van der Waals surface area contributed by atoms with Gasteiger partial charge in [0.1, 0.15) is 13.2 Å². The molecule has 0 aliphatic carbocycles. The third-order valence-electron chi connectivity index (χ3n) is 2.61. The lowest BCUT2D eigenvalue weighted by atomic mass is 10.1. The van der Waals surface area contributed by atoms with Gasteiger partial charge in [-0.3, -0.25) is 0 Å². The monoisotopic (exact) mass is 343 g/mol. The molecule has 25 heavy (non-hydrogen) atoms. The van der Waals surface area contributed by atoms with Gasteiger partial charge in [0.05, 0.1) is 11.1 Å². The van der Waals surface area contributed by atoms with Gasteiger partial charge in [-0.25, -0.2) is 9.59 Å². The Morgan fingerprint density at radius 1 is 0.800 bits per heavy atom. The molecule has 134 valence electrons. The van der Waals surface area contributed by atoms with Crippen LogP contribution in [0, 0.1) is 0 Å². The molecule has 0 atom stereocenters. The zero-order chi connectivity index (χ0) is 18.9. The van der Waals surface area contributed by atoms with E-state index in [0.717, 1.165) is 13.1 Å². The maximum absolute atomic E-state index is 11.7. The highest BCUT2D eigenvalue weighted by Gasteiger charge is 2.18. The molecule has 5 nitrogen and oxygen atoms in total. The van der Waals surface area contributed by atoms with Crippen LogP contribution >= 0.6 is 0 Å². The molecule has 0 unspecified atom stereocenters. The molecule has 0 spiro atoms. The van der Waals surface area contributed by atoms with Gasteiger partial charge in [0.2, 0.25) is 0 Å². The highest BCUT2D eigenvalue weighted by molar-refractivity contribution is 6.03. The second-order valence-corrected chi connectivity index (χ2v) is 4.56. The zero-order valence-electron chi connectivity index (χ0n) is 14.4. The molecule has 1 aromatic carbocycles. The van der Waals surface area contributed by atoms with Gasteiger partial charge in [-0.05, 0) is 12.1 Å². The fraction of sp³-hybridized carbons (Fsp3) is 0.200. The molecule has 0 radical (unpaired) electrons. The summed E-state index contributed by atoms with van der Waals surface area (Å²) < 4.78 is 9.78. The summed E-state index contributed by atoms with van der Waals surface area (Å²) >= 11 is 0. The average Bonchev–Trinajstić information content (AvgIpc) is 2.65. The van der Waals surface area contributed by atoms with Gasteiger partial charge < -0.3 is 14.8 Å². The van der Waals surface area contributed by atoms with Gasteiger partial charge >= 0.3 is 11.9 Å². The topological polar surface area (TPSA) is 64.6 Å². The fourth-order valence-electron chi connectivity index (χ4n) is 1.55. The minimum Gasteiger partial charge on any atom is -0.458 e. The Morgan fingerprint density at radius 2 is 1.20 bits per heavy atom. The van der Waals surface area contributed by atoms with E-state index in [9.17, 15) is 9.59 Å². The molecule has 0 saturated heterocycles. The number of nitrogens with one attached hydrogen (secondary N) is 1. The maximum atomic E-state index is 11.7.